The lowest BCUT2D eigenvalue weighted by molar-refractivity contribution is -0.144. The number of nitrogens with two attached hydrogens (primary N) is 2. The largest absolute Gasteiger partial charge is 0.481 e. The molecule has 1 fully saturated rings. The van der Waals surface area contributed by atoms with E-state index in [-0.39, 0.29) is 38.1 Å². The van der Waals surface area contributed by atoms with Crippen LogP contribution in [0.5, 0.6) is 0 Å². The van der Waals surface area contributed by atoms with Gasteiger partial charge >= 0.3 is 11.9 Å². The lowest BCUT2D eigenvalue weighted by Crippen LogP contribution is -2.57. The van der Waals surface area contributed by atoms with Crippen molar-refractivity contribution >= 4 is 35.6 Å². The summed E-state index contributed by atoms with van der Waals surface area (Å²) in [5.41, 5.74) is 10.8. The number of hydrogen-bond donors (Lipinski definition) is 6. The zero-order chi connectivity index (χ0) is 25.3. The quantitative estimate of drug-likeness (QED) is 0.177. The number of carboxylic acids is 2. The first-order chi connectivity index (χ1) is 15.3. The van der Waals surface area contributed by atoms with Crippen molar-refractivity contribution in [3.63, 3.8) is 0 Å². The molecule has 0 aliphatic carbocycles. The van der Waals surface area contributed by atoms with E-state index in [4.69, 9.17) is 16.6 Å². The molecule has 0 aromatic heterocycles. The smallest absolute Gasteiger partial charge is 0.326 e. The summed E-state index contributed by atoms with van der Waals surface area (Å²) >= 11 is 0. The van der Waals surface area contributed by atoms with Crippen LogP contribution in [-0.2, 0) is 28.8 Å². The number of hydrogen-bond acceptors (Lipinski definition) is 7. The average Bonchev–Trinajstić information content (AvgIpc) is 3.18. The summed E-state index contributed by atoms with van der Waals surface area (Å²) in [5, 5.41) is 23.1. The number of nitrogens with one attached hydrogen (secondary N) is 2. The van der Waals surface area contributed by atoms with Crippen molar-refractivity contribution < 1.29 is 39.0 Å². The van der Waals surface area contributed by atoms with Gasteiger partial charge in [0.15, 0.2) is 0 Å². The number of rotatable bonds is 13. The van der Waals surface area contributed by atoms with Gasteiger partial charge in [-0.15, -0.1) is 0 Å². The standard InChI is InChI=1S/C20H33N5O8/c1-10(2)8-13(20(32)33)24-17(29)12(5-6-16(27)28)23-18(30)14-4-3-7-25(14)19(31)11(21)9-15(22)26/h10-14H,3-9,21H2,1-2H3,(H2,22,26)(H,23,30)(H,24,29)(H,27,28)(H,32,33). The maximum Gasteiger partial charge on any atom is 0.326 e. The van der Waals surface area contributed by atoms with Crippen LogP contribution in [0.15, 0.2) is 0 Å². The van der Waals surface area contributed by atoms with E-state index in [1.54, 1.807) is 13.8 Å². The molecule has 1 aliphatic rings. The predicted octanol–water partition coefficient (Wildman–Crippen LogP) is -1.85. The van der Waals surface area contributed by atoms with Crippen molar-refractivity contribution in [1.82, 2.24) is 15.5 Å². The number of carboxylic acid groups (broad SMARTS) is 2. The van der Waals surface area contributed by atoms with Gasteiger partial charge in [-0.2, -0.15) is 0 Å². The summed E-state index contributed by atoms with van der Waals surface area (Å²) in [6, 6.07) is -4.71. The number of carbonyl (C=O) groups excluding carboxylic acids is 4. The van der Waals surface area contributed by atoms with Crippen molar-refractivity contribution in [3.05, 3.63) is 0 Å². The van der Waals surface area contributed by atoms with Gasteiger partial charge in [-0.3, -0.25) is 24.0 Å². The fraction of sp³-hybridized carbons (Fsp3) is 0.700. The molecule has 13 heteroatoms. The highest BCUT2D eigenvalue weighted by Gasteiger charge is 2.38. The molecule has 13 nitrogen and oxygen atoms in total. The molecule has 1 aliphatic heterocycles. The van der Waals surface area contributed by atoms with Crippen molar-refractivity contribution in [3.8, 4) is 0 Å². The molecule has 4 unspecified atom stereocenters. The highest BCUT2D eigenvalue weighted by molar-refractivity contribution is 5.95. The third-order valence-electron chi connectivity index (χ3n) is 5.18. The third-order valence-corrected chi connectivity index (χ3v) is 5.18. The first-order valence-electron chi connectivity index (χ1n) is 10.7. The van der Waals surface area contributed by atoms with Crippen LogP contribution in [0.3, 0.4) is 0 Å². The van der Waals surface area contributed by atoms with Gasteiger partial charge in [0.25, 0.3) is 0 Å². The van der Waals surface area contributed by atoms with E-state index in [1.807, 2.05) is 0 Å². The van der Waals surface area contributed by atoms with Crippen LogP contribution in [0.25, 0.3) is 0 Å². The lowest BCUT2D eigenvalue weighted by Gasteiger charge is -2.28. The van der Waals surface area contributed by atoms with E-state index in [0.717, 1.165) is 0 Å². The van der Waals surface area contributed by atoms with Gasteiger partial charge in [0.1, 0.15) is 18.1 Å². The molecule has 1 rings (SSSR count). The van der Waals surface area contributed by atoms with Crippen LogP contribution < -0.4 is 22.1 Å². The zero-order valence-electron chi connectivity index (χ0n) is 18.8. The fourth-order valence-corrected chi connectivity index (χ4v) is 3.59. The Morgan fingerprint density at radius 1 is 1.06 bits per heavy atom. The Bertz CT molecular complexity index is 772. The monoisotopic (exact) mass is 471 g/mol. The van der Waals surface area contributed by atoms with Gasteiger partial charge < -0.3 is 37.2 Å². The molecule has 1 saturated heterocycles. The number of amides is 4. The van der Waals surface area contributed by atoms with Crippen molar-refractivity contribution in [2.75, 3.05) is 6.54 Å². The summed E-state index contributed by atoms with van der Waals surface area (Å²) in [7, 11) is 0. The average molecular weight is 472 g/mol. The first kappa shape index (κ1) is 27.8. The van der Waals surface area contributed by atoms with E-state index in [2.05, 4.69) is 10.6 Å². The summed E-state index contributed by atoms with van der Waals surface area (Å²) in [6.07, 6.45) is -0.212. The van der Waals surface area contributed by atoms with Gasteiger partial charge in [-0.05, 0) is 31.6 Å². The number of primary amides is 1. The van der Waals surface area contributed by atoms with Crippen molar-refractivity contribution in [2.45, 2.75) is 76.5 Å². The summed E-state index contributed by atoms with van der Waals surface area (Å²) < 4.78 is 0. The maximum absolute atomic E-state index is 12.9. The van der Waals surface area contributed by atoms with Crippen LogP contribution in [0.1, 0.15) is 52.4 Å². The number of aliphatic carboxylic acids is 2. The zero-order valence-corrected chi connectivity index (χ0v) is 18.8. The van der Waals surface area contributed by atoms with Crippen LogP contribution in [0.4, 0.5) is 0 Å². The second kappa shape index (κ2) is 12.7. The molecule has 0 aromatic rings. The molecule has 0 bridgehead atoms. The van der Waals surface area contributed by atoms with Crippen LogP contribution in [-0.4, -0.2) is 81.4 Å². The summed E-state index contributed by atoms with van der Waals surface area (Å²) in [6.45, 7) is 3.77. The Labute approximate surface area is 191 Å². The summed E-state index contributed by atoms with van der Waals surface area (Å²) in [4.78, 5) is 72.9. The predicted molar refractivity (Wildman–Crippen MR) is 114 cm³/mol. The first-order valence-corrected chi connectivity index (χ1v) is 10.7. The minimum atomic E-state index is -1.32. The van der Waals surface area contributed by atoms with Crippen molar-refractivity contribution in [2.24, 2.45) is 17.4 Å². The van der Waals surface area contributed by atoms with E-state index in [0.29, 0.717) is 6.42 Å². The molecule has 4 atom stereocenters. The van der Waals surface area contributed by atoms with Crippen LogP contribution in [0.2, 0.25) is 0 Å². The van der Waals surface area contributed by atoms with Crippen LogP contribution in [0, 0.1) is 5.92 Å². The SMILES string of the molecule is CC(C)CC(NC(=O)C(CCC(=O)O)NC(=O)C1CCCN1C(=O)C(N)CC(N)=O)C(=O)O. The normalized spacial score (nSPS) is 18.3. The highest BCUT2D eigenvalue weighted by atomic mass is 16.4. The Kier molecular flexibility index (Phi) is 10.7. The van der Waals surface area contributed by atoms with E-state index in [9.17, 15) is 33.9 Å². The molecule has 8 N–H and O–H groups in total. The minimum absolute atomic E-state index is 0.0406. The molecule has 4 amide bonds. The fourth-order valence-electron chi connectivity index (χ4n) is 3.59. The second-order valence-electron chi connectivity index (χ2n) is 8.49. The molecular formula is C20H33N5O8. The van der Waals surface area contributed by atoms with Gasteiger partial charge in [-0.1, -0.05) is 13.8 Å². The molecule has 33 heavy (non-hydrogen) atoms. The van der Waals surface area contributed by atoms with Gasteiger partial charge in [0.05, 0.1) is 12.5 Å². The Balaban J connectivity index is 2.95. The summed E-state index contributed by atoms with van der Waals surface area (Å²) in [5.74, 6) is -5.43. The molecule has 0 spiro atoms. The highest BCUT2D eigenvalue weighted by Crippen LogP contribution is 2.19. The maximum atomic E-state index is 12.9. The van der Waals surface area contributed by atoms with Crippen LogP contribution >= 0.6 is 0 Å². The molecule has 0 aromatic carbocycles. The molecule has 1 heterocycles. The topological polar surface area (TPSA) is 222 Å². The molecule has 0 radical (unpaired) electrons. The van der Waals surface area contributed by atoms with Gasteiger partial charge in [0, 0.05) is 13.0 Å². The van der Waals surface area contributed by atoms with Gasteiger partial charge in [-0.25, -0.2) is 4.79 Å². The minimum Gasteiger partial charge on any atom is -0.481 e. The Morgan fingerprint density at radius 3 is 2.21 bits per heavy atom. The second-order valence-corrected chi connectivity index (χ2v) is 8.49. The number of likely N-dealkylation sites (tertiary alicyclic amines) is 1. The van der Waals surface area contributed by atoms with Gasteiger partial charge in [0.2, 0.25) is 23.6 Å². The van der Waals surface area contributed by atoms with Crippen molar-refractivity contribution in [1.29, 1.82) is 0 Å². The van der Waals surface area contributed by atoms with E-state index >= 15 is 0 Å². The molecular weight excluding hydrogens is 438 g/mol. The third kappa shape index (κ3) is 9.04. The Hall–Kier alpha value is -3.22. The number of carbonyl (C=O) groups is 6. The molecule has 0 saturated carbocycles. The lowest BCUT2D eigenvalue weighted by atomic mass is 10.0. The molecule has 186 valence electrons. The van der Waals surface area contributed by atoms with E-state index < -0.39 is 66.2 Å². The number of nitrogens with zero attached hydrogens (tertiary/aromatic N) is 1. The van der Waals surface area contributed by atoms with E-state index in [1.165, 1.54) is 4.90 Å². The Morgan fingerprint density at radius 2 is 1.70 bits per heavy atom.